The van der Waals surface area contributed by atoms with Crippen molar-refractivity contribution in [1.29, 1.82) is 5.26 Å². The zero-order valence-electron chi connectivity index (χ0n) is 19.0. The van der Waals surface area contributed by atoms with Crippen LogP contribution in [0.5, 0.6) is 0 Å². The van der Waals surface area contributed by atoms with Gasteiger partial charge in [0.15, 0.2) is 0 Å². The first-order valence-corrected chi connectivity index (χ1v) is 11.6. The van der Waals surface area contributed by atoms with Crippen LogP contribution in [-0.2, 0) is 5.54 Å². The van der Waals surface area contributed by atoms with E-state index in [9.17, 15) is 10.1 Å². The largest absolute Gasteiger partial charge is 0.369 e. The SMILES string of the molecule is C[C@@H]1C2CC1(n1c(=O)c(C#N)cc3cnc(Nc4ccc(N5CCN(C)CC5)cc4)nc31)C2. The Morgan fingerprint density at radius 1 is 1.15 bits per heavy atom. The molecule has 1 N–H and O–H groups in total. The minimum absolute atomic E-state index is 0.156. The standard InChI is InChI=1S/C25H27N7O/c1-16-19-12-25(16,13-19)32-22-18(11-17(14-26)23(32)33)15-27-24(29-22)28-20-3-5-21(6-4-20)31-9-7-30(2)8-10-31/h3-6,11,15-16,19H,7-10,12-13H2,1-2H3,(H,27,28,29)/t16-,19?,25?/m1/s1. The summed E-state index contributed by atoms with van der Waals surface area (Å²) in [7, 11) is 2.16. The van der Waals surface area contributed by atoms with Crippen LogP contribution in [-0.4, -0.2) is 52.7 Å². The van der Waals surface area contributed by atoms with Crippen molar-refractivity contribution < 1.29 is 0 Å². The zero-order valence-corrected chi connectivity index (χ0v) is 19.0. The summed E-state index contributed by atoms with van der Waals surface area (Å²) < 4.78 is 1.79. The number of likely N-dealkylation sites (N-methyl/N-ethyl adjacent to an activating group) is 1. The molecular weight excluding hydrogens is 414 g/mol. The van der Waals surface area contributed by atoms with E-state index >= 15 is 0 Å². The molecule has 3 aromatic rings. The van der Waals surface area contributed by atoms with Gasteiger partial charge in [0.1, 0.15) is 17.3 Å². The van der Waals surface area contributed by atoms with Crippen molar-refractivity contribution in [2.24, 2.45) is 11.8 Å². The Morgan fingerprint density at radius 3 is 2.48 bits per heavy atom. The Hall–Kier alpha value is -3.44. The van der Waals surface area contributed by atoms with Crippen LogP contribution in [0, 0.1) is 23.2 Å². The molecule has 2 aromatic heterocycles. The fourth-order valence-electron chi connectivity index (χ4n) is 5.68. The lowest BCUT2D eigenvalue weighted by atomic mass is 9.42. The second-order valence-corrected chi connectivity index (χ2v) is 9.81. The minimum atomic E-state index is -0.240. The molecule has 3 saturated carbocycles. The van der Waals surface area contributed by atoms with Gasteiger partial charge in [-0.15, -0.1) is 0 Å². The lowest BCUT2D eigenvalue weighted by Gasteiger charge is -2.67. The number of fused-ring (bicyclic) bond motifs is 1. The van der Waals surface area contributed by atoms with Crippen LogP contribution in [0.2, 0.25) is 0 Å². The van der Waals surface area contributed by atoms with E-state index in [4.69, 9.17) is 4.98 Å². The number of pyridine rings is 1. The molecule has 33 heavy (non-hydrogen) atoms. The van der Waals surface area contributed by atoms with Gasteiger partial charge in [-0.3, -0.25) is 9.36 Å². The highest BCUT2D eigenvalue weighted by atomic mass is 16.1. The summed E-state index contributed by atoms with van der Waals surface area (Å²) >= 11 is 0. The Kier molecular flexibility index (Phi) is 4.46. The third kappa shape index (κ3) is 3.03. The number of nitriles is 1. The molecule has 4 aliphatic rings. The van der Waals surface area contributed by atoms with E-state index < -0.39 is 0 Å². The smallest absolute Gasteiger partial charge is 0.270 e. The maximum atomic E-state index is 13.2. The normalized spacial score (nSPS) is 26.4. The molecule has 2 bridgehead atoms. The molecule has 8 nitrogen and oxygen atoms in total. The van der Waals surface area contributed by atoms with Crippen LogP contribution in [0.25, 0.3) is 11.0 Å². The van der Waals surface area contributed by atoms with Crippen molar-refractivity contribution in [2.45, 2.75) is 25.3 Å². The highest BCUT2D eigenvalue weighted by molar-refractivity contribution is 5.78. The van der Waals surface area contributed by atoms with Gasteiger partial charge in [0.25, 0.3) is 5.56 Å². The average molecular weight is 442 g/mol. The van der Waals surface area contributed by atoms with Gasteiger partial charge < -0.3 is 15.1 Å². The highest BCUT2D eigenvalue weighted by Crippen LogP contribution is 2.66. The van der Waals surface area contributed by atoms with Gasteiger partial charge >= 0.3 is 0 Å². The van der Waals surface area contributed by atoms with Crippen molar-refractivity contribution in [1.82, 2.24) is 19.4 Å². The van der Waals surface area contributed by atoms with E-state index in [0.29, 0.717) is 23.4 Å². The molecule has 0 radical (unpaired) electrons. The number of anilines is 3. The molecular formula is C25H27N7O. The van der Waals surface area contributed by atoms with Gasteiger partial charge in [0.05, 0.1) is 5.54 Å². The number of nitrogens with one attached hydrogen (secondary N) is 1. The quantitative estimate of drug-likeness (QED) is 0.666. The fourth-order valence-corrected chi connectivity index (χ4v) is 5.68. The Balaban J connectivity index is 1.32. The summed E-state index contributed by atoms with van der Waals surface area (Å²) in [6.07, 6.45) is 3.67. The number of piperazine rings is 1. The molecule has 168 valence electrons. The van der Waals surface area contributed by atoms with Crippen molar-refractivity contribution in [3.63, 3.8) is 0 Å². The van der Waals surface area contributed by atoms with Crippen LogP contribution >= 0.6 is 0 Å². The second-order valence-electron chi connectivity index (χ2n) is 9.81. The molecule has 4 fully saturated rings. The molecule has 1 atom stereocenters. The Labute approximate surface area is 192 Å². The molecule has 0 unspecified atom stereocenters. The molecule has 8 heteroatoms. The topological polar surface area (TPSA) is 90.1 Å². The first-order valence-electron chi connectivity index (χ1n) is 11.6. The zero-order chi connectivity index (χ0) is 22.7. The summed E-state index contributed by atoms with van der Waals surface area (Å²) in [4.78, 5) is 27.1. The molecule has 3 aliphatic carbocycles. The van der Waals surface area contributed by atoms with E-state index in [1.54, 1.807) is 16.8 Å². The molecule has 3 heterocycles. The van der Waals surface area contributed by atoms with E-state index in [-0.39, 0.29) is 16.7 Å². The monoisotopic (exact) mass is 441 g/mol. The van der Waals surface area contributed by atoms with Crippen molar-refractivity contribution in [3.05, 3.63) is 52.4 Å². The van der Waals surface area contributed by atoms with E-state index in [1.165, 1.54) is 5.69 Å². The maximum Gasteiger partial charge on any atom is 0.270 e. The summed E-state index contributed by atoms with van der Waals surface area (Å²) in [5, 5.41) is 13.5. The van der Waals surface area contributed by atoms with Crippen molar-refractivity contribution >= 4 is 28.4 Å². The second kappa shape index (κ2) is 7.29. The third-order valence-corrected chi connectivity index (χ3v) is 8.08. The molecule has 1 aliphatic heterocycles. The Morgan fingerprint density at radius 2 is 1.88 bits per heavy atom. The van der Waals surface area contributed by atoms with Crippen LogP contribution in [0.3, 0.4) is 0 Å². The number of hydrogen-bond acceptors (Lipinski definition) is 7. The summed E-state index contributed by atoms with van der Waals surface area (Å²) in [5.41, 5.74) is 2.43. The van der Waals surface area contributed by atoms with Crippen molar-refractivity contribution in [3.8, 4) is 6.07 Å². The van der Waals surface area contributed by atoms with E-state index in [1.807, 2.05) is 12.1 Å². The predicted molar refractivity (Wildman–Crippen MR) is 128 cm³/mol. The van der Waals surface area contributed by atoms with Crippen LogP contribution < -0.4 is 15.8 Å². The van der Waals surface area contributed by atoms with Crippen LogP contribution in [0.15, 0.2) is 41.3 Å². The van der Waals surface area contributed by atoms with Crippen LogP contribution in [0.4, 0.5) is 17.3 Å². The van der Waals surface area contributed by atoms with Gasteiger partial charge in [0, 0.05) is 49.1 Å². The van der Waals surface area contributed by atoms with Crippen LogP contribution in [0.1, 0.15) is 25.3 Å². The third-order valence-electron chi connectivity index (χ3n) is 8.08. The maximum absolute atomic E-state index is 13.2. The summed E-state index contributed by atoms with van der Waals surface area (Å²) in [6, 6.07) is 12.0. The van der Waals surface area contributed by atoms with Gasteiger partial charge in [0.2, 0.25) is 5.95 Å². The average Bonchev–Trinajstić information content (AvgIpc) is 2.81. The number of aromatic nitrogens is 3. The predicted octanol–water partition coefficient (Wildman–Crippen LogP) is 2.91. The van der Waals surface area contributed by atoms with Gasteiger partial charge in [-0.1, -0.05) is 6.92 Å². The van der Waals surface area contributed by atoms with E-state index in [2.05, 4.69) is 52.3 Å². The lowest BCUT2D eigenvalue weighted by Crippen LogP contribution is -2.69. The summed E-state index contributed by atoms with van der Waals surface area (Å²) in [5.74, 6) is 1.56. The Bertz CT molecular complexity index is 1330. The van der Waals surface area contributed by atoms with Crippen molar-refractivity contribution in [2.75, 3.05) is 43.4 Å². The first-order chi connectivity index (χ1) is 16.0. The number of benzene rings is 1. The number of rotatable bonds is 4. The summed E-state index contributed by atoms with van der Waals surface area (Å²) in [6.45, 7) is 6.39. The fraction of sp³-hybridized carbons (Fsp3) is 0.440. The van der Waals surface area contributed by atoms with Gasteiger partial charge in [-0.25, -0.2) is 4.98 Å². The molecule has 1 aromatic carbocycles. The van der Waals surface area contributed by atoms with Gasteiger partial charge in [-0.2, -0.15) is 10.2 Å². The van der Waals surface area contributed by atoms with E-state index in [0.717, 1.165) is 50.1 Å². The molecule has 0 amide bonds. The molecule has 1 saturated heterocycles. The first kappa shape index (κ1) is 20.2. The number of nitrogens with zero attached hydrogens (tertiary/aromatic N) is 6. The molecule has 0 spiro atoms. The number of hydrogen-bond donors (Lipinski definition) is 1. The molecule has 7 rings (SSSR count). The van der Waals surface area contributed by atoms with Gasteiger partial charge in [-0.05, 0) is 62.1 Å². The minimum Gasteiger partial charge on any atom is -0.369 e. The highest BCUT2D eigenvalue weighted by Gasteiger charge is 2.65. The lowest BCUT2D eigenvalue weighted by molar-refractivity contribution is -0.162.